The summed E-state index contributed by atoms with van der Waals surface area (Å²) in [5.41, 5.74) is 1.10. The van der Waals surface area contributed by atoms with Crippen LogP contribution in [-0.4, -0.2) is 12.7 Å². The van der Waals surface area contributed by atoms with Crippen molar-refractivity contribution in [3.8, 4) is 5.75 Å². The van der Waals surface area contributed by atoms with Crippen molar-refractivity contribution in [1.82, 2.24) is 0 Å². The van der Waals surface area contributed by atoms with E-state index in [1.165, 1.54) is 0 Å². The molecule has 0 saturated carbocycles. The molecule has 1 radical (unpaired) electrons. The Morgan fingerprint density at radius 1 is 1.33 bits per heavy atom. The smallest absolute Gasteiger partial charge is 0.537 e. The van der Waals surface area contributed by atoms with E-state index in [0.717, 1.165) is 11.3 Å². The Labute approximate surface area is 73.5 Å². The lowest BCUT2D eigenvalue weighted by Crippen LogP contribution is -2.03. The molecule has 63 valence electrons. The fourth-order valence-electron chi connectivity index (χ4n) is 1.12. The molecule has 2 nitrogen and oxygen atoms in total. The third-order valence-electron chi connectivity index (χ3n) is 1.72. The number of para-hydroxylation sites is 1. The predicted octanol–water partition coefficient (Wildman–Crippen LogP) is 1.72. The Morgan fingerprint density at radius 3 is 2.58 bits per heavy atom. The van der Waals surface area contributed by atoms with Crippen LogP contribution >= 0.6 is 0 Å². The van der Waals surface area contributed by atoms with Gasteiger partial charge in [0.15, 0.2) is 0 Å². The summed E-state index contributed by atoms with van der Waals surface area (Å²) in [6.45, 7) is 4.17. The van der Waals surface area contributed by atoms with Gasteiger partial charge >= 0.3 is 7.69 Å². The number of hydrogen-bond acceptors (Lipinski definition) is 2. The molecule has 0 fully saturated rings. The van der Waals surface area contributed by atoms with E-state index in [9.17, 15) is 0 Å². The maximum atomic E-state index is 8.48. The Morgan fingerprint density at radius 2 is 2.00 bits per heavy atom. The maximum absolute atomic E-state index is 8.48. The molecule has 12 heavy (non-hydrogen) atoms. The lowest BCUT2D eigenvalue weighted by Gasteiger charge is -2.11. The maximum Gasteiger partial charge on any atom is 0.569 e. The van der Waals surface area contributed by atoms with Gasteiger partial charge in [0.2, 0.25) is 0 Å². The van der Waals surface area contributed by atoms with Gasteiger partial charge in [-0.3, -0.25) is 0 Å². The lowest BCUT2D eigenvalue weighted by atomic mass is 10.0. The van der Waals surface area contributed by atoms with Crippen LogP contribution in [0, 0.1) is 0 Å². The van der Waals surface area contributed by atoms with Gasteiger partial charge < -0.3 is 9.68 Å². The Hall–Kier alpha value is -0.955. The quantitative estimate of drug-likeness (QED) is 0.687. The van der Waals surface area contributed by atoms with Gasteiger partial charge in [-0.2, -0.15) is 0 Å². The van der Waals surface area contributed by atoms with E-state index in [4.69, 9.17) is 9.68 Å². The Kier molecular flexibility index (Phi) is 3.17. The van der Waals surface area contributed by atoms with Crippen LogP contribution in [0.5, 0.6) is 5.75 Å². The van der Waals surface area contributed by atoms with Gasteiger partial charge in [0, 0.05) is 0 Å². The summed E-state index contributed by atoms with van der Waals surface area (Å²) in [5.74, 6) is 1.12. The summed E-state index contributed by atoms with van der Waals surface area (Å²) in [6.07, 6.45) is 0. The highest BCUT2D eigenvalue weighted by Gasteiger charge is 2.05. The molecule has 0 aliphatic rings. The number of benzene rings is 1. The minimum Gasteiger partial charge on any atom is -0.537 e. The largest absolute Gasteiger partial charge is 0.569 e. The first-order chi connectivity index (χ1) is 5.75. The zero-order valence-corrected chi connectivity index (χ0v) is 7.32. The molecule has 3 heteroatoms. The molecule has 1 aromatic carbocycles. The molecule has 0 bridgehead atoms. The van der Waals surface area contributed by atoms with E-state index in [1.54, 1.807) is 0 Å². The molecule has 0 amide bonds. The highest BCUT2D eigenvalue weighted by Crippen LogP contribution is 2.25. The SMILES string of the molecule is CC(C)c1ccccc1O[B]O. The molecule has 0 heterocycles. The second-order valence-corrected chi connectivity index (χ2v) is 2.92. The summed E-state index contributed by atoms with van der Waals surface area (Å²) in [4.78, 5) is 0. The molecule has 0 spiro atoms. The van der Waals surface area contributed by atoms with Gasteiger partial charge in [-0.05, 0) is 17.5 Å². The molecule has 0 aromatic heterocycles. The van der Waals surface area contributed by atoms with Crippen molar-refractivity contribution < 1.29 is 9.68 Å². The third-order valence-corrected chi connectivity index (χ3v) is 1.72. The van der Waals surface area contributed by atoms with E-state index in [0.29, 0.717) is 13.6 Å². The highest BCUT2D eigenvalue weighted by molar-refractivity contribution is 6.17. The molecule has 0 aliphatic heterocycles. The highest BCUT2D eigenvalue weighted by atomic mass is 16.5. The molecular weight excluding hydrogens is 151 g/mol. The Bertz CT molecular complexity index is 248. The van der Waals surface area contributed by atoms with Gasteiger partial charge in [0.1, 0.15) is 5.75 Å². The summed E-state index contributed by atoms with van der Waals surface area (Å²) >= 11 is 0. The van der Waals surface area contributed by atoms with E-state index in [2.05, 4.69) is 13.8 Å². The summed E-state index contributed by atoms with van der Waals surface area (Å²) in [7, 11) is 0.710. The third kappa shape index (κ3) is 2.01. The molecule has 1 rings (SSSR count). The second kappa shape index (κ2) is 4.17. The minimum absolute atomic E-state index is 0.404. The average molecular weight is 163 g/mol. The lowest BCUT2D eigenvalue weighted by molar-refractivity contribution is 0.449. The second-order valence-electron chi connectivity index (χ2n) is 2.92. The monoisotopic (exact) mass is 163 g/mol. The first-order valence-corrected chi connectivity index (χ1v) is 3.97. The van der Waals surface area contributed by atoms with Crippen LogP contribution < -0.4 is 4.65 Å². The van der Waals surface area contributed by atoms with Crippen LogP contribution in [0.4, 0.5) is 0 Å². The zero-order chi connectivity index (χ0) is 8.97. The van der Waals surface area contributed by atoms with Crippen molar-refractivity contribution in [1.29, 1.82) is 0 Å². The fraction of sp³-hybridized carbons (Fsp3) is 0.333. The zero-order valence-electron chi connectivity index (χ0n) is 7.32. The van der Waals surface area contributed by atoms with E-state index in [-0.39, 0.29) is 0 Å². The Balaban J connectivity index is 2.92. The first kappa shape index (κ1) is 9.14. The summed E-state index contributed by atoms with van der Waals surface area (Å²) in [5, 5.41) is 8.48. The van der Waals surface area contributed by atoms with Gasteiger partial charge in [-0.1, -0.05) is 32.0 Å². The molecule has 1 N–H and O–H groups in total. The number of hydrogen-bond donors (Lipinski definition) is 1. The van der Waals surface area contributed by atoms with Crippen LogP contribution in [-0.2, 0) is 0 Å². The average Bonchev–Trinajstić information content (AvgIpc) is 2.05. The summed E-state index contributed by atoms with van der Waals surface area (Å²) < 4.78 is 4.93. The van der Waals surface area contributed by atoms with Crippen molar-refractivity contribution in [2.45, 2.75) is 19.8 Å². The first-order valence-electron chi connectivity index (χ1n) is 3.97. The van der Waals surface area contributed by atoms with Crippen LogP contribution in [0.2, 0.25) is 0 Å². The normalized spacial score (nSPS) is 10.0. The molecule has 0 aliphatic carbocycles. The predicted molar refractivity (Wildman–Crippen MR) is 49.1 cm³/mol. The molecule has 0 unspecified atom stereocenters. The van der Waals surface area contributed by atoms with Crippen molar-refractivity contribution in [2.24, 2.45) is 0 Å². The standard InChI is InChI=1S/C9H12BO2/c1-7(2)8-5-3-4-6-9(8)12-10-11/h3-7,11H,1-2H3. The van der Waals surface area contributed by atoms with Crippen molar-refractivity contribution >= 4 is 7.69 Å². The van der Waals surface area contributed by atoms with E-state index in [1.807, 2.05) is 24.3 Å². The van der Waals surface area contributed by atoms with Crippen LogP contribution in [0.3, 0.4) is 0 Å². The number of rotatable bonds is 3. The van der Waals surface area contributed by atoms with Gasteiger partial charge in [0.25, 0.3) is 0 Å². The van der Waals surface area contributed by atoms with Gasteiger partial charge in [-0.25, -0.2) is 0 Å². The fourth-order valence-corrected chi connectivity index (χ4v) is 1.12. The van der Waals surface area contributed by atoms with Crippen LogP contribution in [0.25, 0.3) is 0 Å². The molecule has 1 aromatic rings. The van der Waals surface area contributed by atoms with Crippen molar-refractivity contribution in [3.63, 3.8) is 0 Å². The molecule has 0 atom stereocenters. The van der Waals surface area contributed by atoms with Crippen LogP contribution in [0.1, 0.15) is 25.3 Å². The van der Waals surface area contributed by atoms with Gasteiger partial charge in [0.05, 0.1) is 0 Å². The van der Waals surface area contributed by atoms with Crippen molar-refractivity contribution in [2.75, 3.05) is 0 Å². The molecular formula is C9H12BO2. The summed E-state index contributed by atoms with van der Waals surface area (Å²) in [6, 6.07) is 7.66. The topological polar surface area (TPSA) is 29.5 Å². The van der Waals surface area contributed by atoms with Crippen LogP contribution in [0.15, 0.2) is 24.3 Å². The minimum atomic E-state index is 0.404. The van der Waals surface area contributed by atoms with E-state index >= 15 is 0 Å². The molecule has 0 saturated heterocycles. The van der Waals surface area contributed by atoms with E-state index < -0.39 is 0 Å². The van der Waals surface area contributed by atoms with Crippen molar-refractivity contribution in [3.05, 3.63) is 29.8 Å². The van der Waals surface area contributed by atoms with Gasteiger partial charge in [-0.15, -0.1) is 0 Å².